The lowest BCUT2D eigenvalue weighted by Crippen LogP contribution is -2.16. The Morgan fingerprint density at radius 2 is 2.18 bits per heavy atom. The predicted molar refractivity (Wildman–Crippen MR) is 78.6 cm³/mol. The van der Waals surface area contributed by atoms with Crippen LogP contribution in [-0.2, 0) is 0 Å². The Balaban J connectivity index is 1.81. The highest BCUT2D eigenvalue weighted by Crippen LogP contribution is 2.37. The monoisotopic (exact) mass is 319 g/mol. The number of nitrogens with one attached hydrogen (secondary N) is 1. The highest BCUT2D eigenvalue weighted by molar-refractivity contribution is 7.12. The molecule has 0 saturated carbocycles. The maximum Gasteiger partial charge on any atom is 0.282 e. The molecule has 3 rings (SSSR count). The summed E-state index contributed by atoms with van der Waals surface area (Å²) >= 11 is 1.27. The van der Waals surface area contributed by atoms with Gasteiger partial charge in [-0.05, 0) is 17.5 Å². The summed E-state index contributed by atoms with van der Waals surface area (Å²) in [7, 11) is 0. The van der Waals surface area contributed by atoms with Crippen LogP contribution in [0.25, 0.3) is 0 Å². The van der Waals surface area contributed by atoms with Crippen molar-refractivity contribution in [3.63, 3.8) is 0 Å². The Morgan fingerprint density at radius 1 is 1.41 bits per heavy atom. The van der Waals surface area contributed by atoms with Crippen LogP contribution in [0.15, 0.2) is 34.7 Å². The zero-order valence-electron chi connectivity index (χ0n) is 11.0. The van der Waals surface area contributed by atoms with Crippen molar-refractivity contribution in [1.29, 1.82) is 0 Å². The second-order valence-electron chi connectivity index (χ2n) is 4.20. The molecule has 0 spiro atoms. The smallest absolute Gasteiger partial charge is 0.282 e. The van der Waals surface area contributed by atoms with E-state index in [2.05, 4.69) is 10.5 Å². The van der Waals surface area contributed by atoms with Crippen molar-refractivity contribution in [2.75, 3.05) is 6.79 Å². The molecular weight excluding hydrogens is 310 g/mol. The first-order chi connectivity index (χ1) is 10.6. The van der Waals surface area contributed by atoms with Crippen LogP contribution < -0.4 is 14.9 Å². The lowest BCUT2D eigenvalue weighted by Gasteiger charge is -2.00. The SMILES string of the molecule is O=C(N/N=C/c1cc2c(cc1[N+](=O)[O-])OCO2)c1cccs1. The third-order valence-electron chi connectivity index (χ3n) is 2.83. The molecule has 22 heavy (non-hydrogen) atoms. The number of benzene rings is 1. The Labute approximate surface area is 128 Å². The van der Waals surface area contributed by atoms with Crippen LogP contribution >= 0.6 is 11.3 Å². The zero-order chi connectivity index (χ0) is 15.5. The van der Waals surface area contributed by atoms with Crippen molar-refractivity contribution in [1.82, 2.24) is 5.43 Å². The van der Waals surface area contributed by atoms with Gasteiger partial charge < -0.3 is 9.47 Å². The largest absolute Gasteiger partial charge is 0.454 e. The van der Waals surface area contributed by atoms with Crippen LogP contribution in [0.4, 0.5) is 5.69 Å². The topological polar surface area (TPSA) is 103 Å². The maximum absolute atomic E-state index is 11.7. The molecule has 2 aromatic rings. The number of carbonyl (C=O) groups is 1. The highest BCUT2D eigenvalue weighted by Gasteiger charge is 2.22. The number of nitrogens with zero attached hydrogens (tertiary/aromatic N) is 2. The fourth-order valence-corrected chi connectivity index (χ4v) is 2.45. The Morgan fingerprint density at radius 3 is 2.86 bits per heavy atom. The molecular formula is C13H9N3O5S. The minimum atomic E-state index is -0.551. The number of fused-ring (bicyclic) bond motifs is 1. The van der Waals surface area contributed by atoms with Crippen molar-refractivity contribution >= 4 is 29.1 Å². The number of hydrogen-bond acceptors (Lipinski definition) is 7. The van der Waals surface area contributed by atoms with Gasteiger partial charge in [-0.2, -0.15) is 5.10 Å². The molecule has 1 aromatic heterocycles. The average molecular weight is 319 g/mol. The summed E-state index contributed by atoms with van der Waals surface area (Å²) in [6, 6.07) is 6.11. The summed E-state index contributed by atoms with van der Waals surface area (Å²) < 4.78 is 10.3. The van der Waals surface area contributed by atoms with Crippen molar-refractivity contribution in [2.45, 2.75) is 0 Å². The number of amides is 1. The van der Waals surface area contributed by atoms with Crippen LogP contribution in [0, 0.1) is 10.1 Å². The molecule has 1 aromatic carbocycles. The van der Waals surface area contributed by atoms with E-state index in [0.29, 0.717) is 16.4 Å². The lowest BCUT2D eigenvalue weighted by molar-refractivity contribution is -0.385. The van der Waals surface area contributed by atoms with Crippen LogP contribution in [0.2, 0.25) is 0 Å². The van der Waals surface area contributed by atoms with E-state index in [1.54, 1.807) is 17.5 Å². The molecule has 0 saturated heterocycles. The van der Waals surface area contributed by atoms with E-state index in [0.717, 1.165) is 0 Å². The Hall–Kier alpha value is -2.94. The lowest BCUT2D eigenvalue weighted by atomic mass is 10.1. The van der Waals surface area contributed by atoms with Gasteiger partial charge in [-0.15, -0.1) is 11.3 Å². The van der Waals surface area contributed by atoms with E-state index < -0.39 is 4.92 Å². The van der Waals surface area contributed by atoms with Gasteiger partial charge in [-0.25, -0.2) is 5.43 Å². The van der Waals surface area contributed by atoms with Crippen LogP contribution in [0.1, 0.15) is 15.2 Å². The number of ether oxygens (including phenoxy) is 2. The van der Waals surface area contributed by atoms with E-state index in [4.69, 9.17) is 9.47 Å². The van der Waals surface area contributed by atoms with Crippen LogP contribution in [0.5, 0.6) is 11.5 Å². The van der Waals surface area contributed by atoms with Crippen LogP contribution in [0.3, 0.4) is 0 Å². The number of hydrazone groups is 1. The molecule has 112 valence electrons. The van der Waals surface area contributed by atoms with Crippen molar-refractivity contribution in [2.24, 2.45) is 5.10 Å². The summed E-state index contributed by atoms with van der Waals surface area (Å²) in [5.74, 6) is 0.331. The van der Waals surface area contributed by atoms with E-state index in [1.807, 2.05) is 0 Å². The molecule has 1 aliphatic rings. The fraction of sp³-hybridized carbons (Fsp3) is 0.0769. The molecule has 0 unspecified atom stereocenters. The van der Waals surface area contributed by atoms with Crippen LogP contribution in [-0.4, -0.2) is 23.8 Å². The molecule has 0 aliphatic carbocycles. The van der Waals surface area contributed by atoms with Crippen molar-refractivity contribution in [3.05, 3.63) is 50.2 Å². The Bertz CT molecular complexity index is 757. The summed E-state index contributed by atoms with van der Waals surface area (Å²) in [5, 5.41) is 16.6. The van der Waals surface area contributed by atoms with Gasteiger partial charge in [0.1, 0.15) is 0 Å². The number of carbonyl (C=O) groups excluding carboxylic acids is 1. The van der Waals surface area contributed by atoms with Gasteiger partial charge >= 0.3 is 0 Å². The molecule has 1 aliphatic heterocycles. The number of rotatable bonds is 4. The van der Waals surface area contributed by atoms with E-state index in [-0.39, 0.29) is 24.0 Å². The first-order valence-electron chi connectivity index (χ1n) is 6.10. The van der Waals surface area contributed by atoms with Gasteiger partial charge in [-0.3, -0.25) is 14.9 Å². The number of hydrogen-bond donors (Lipinski definition) is 1. The van der Waals surface area contributed by atoms with Gasteiger partial charge in [0.2, 0.25) is 6.79 Å². The number of nitro benzene ring substituents is 1. The molecule has 8 nitrogen and oxygen atoms in total. The minimum Gasteiger partial charge on any atom is -0.454 e. The summed E-state index contributed by atoms with van der Waals surface area (Å²) in [6.45, 7) is 0.0161. The average Bonchev–Trinajstić information content (AvgIpc) is 3.17. The van der Waals surface area contributed by atoms with Crippen molar-refractivity contribution < 1.29 is 19.2 Å². The highest BCUT2D eigenvalue weighted by atomic mass is 32.1. The van der Waals surface area contributed by atoms with E-state index >= 15 is 0 Å². The molecule has 0 atom stereocenters. The summed E-state index contributed by atoms with van der Waals surface area (Å²) in [4.78, 5) is 22.7. The first kappa shape index (κ1) is 14.0. The zero-order valence-corrected chi connectivity index (χ0v) is 11.8. The third kappa shape index (κ3) is 2.74. The second kappa shape index (κ2) is 5.82. The van der Waals surface area contributed by atoms with E-state index in [1.165, 1.54) is 29.7 Å². The summed E-state index contributed by atoms with van der Waals surface area (Å²) in [5.41, 5.74) is 2.34. The van der Waals surface area contributed by atoms with E-state index in [9.17, 15) is 14.9 Å². The molecule has 0 fully saturated rings. The van der Waals surface area contributed by atoms with Gasteiger partial charge in [0.25, 0.3) is 11.6 Å². The fourth-order valence-electron chi connectivity index (χ4n) is 1.83. The Kier molecular flexibility index (Phi) is 3.71. The molecule has 2 heterocycles. The molecule has 0 bridgehead atoms. The number of thiophene rings is 1. The second-order valence-corrected chi connectivity index (χ2v) is 5.15. The maximum atomic E-state index is 11.7. The quantitative estimate of drug-likeness (QED) is 0.528. The van der Waals surface area contributed by atoms with Gasteiger partial charge in [0.05, 0.1) is 27.6 Å². The van der Waals surface area contributed by atoms with Gasteiger partial charge in [0, 0.05) is 0 Å². The first-order valence-corrected chi connectivity index (χ1v) is 6.98. The van der Waals surface area contributed by atoms with Gasteiger partial charge in [-0.1, -0.05) is 6.07 Å². The normalized spacial score (nSPS) is 12.5. The molecule has 9 heteroatoms. The number of nitro groups is 1. The van der Waals surface area contributed by atoms with Gasteiger partial charge in [0.15, 0.2) is 11.5 Å². The molecule has 1 amide bonds. The molecule has 0 radical (unpaired) electrons. The standard InChI is InChI=1S/C13H9N3O5S/c17-13(12-2-1-3-22-12)15-14-6-8-4-10-11(21-7-20-10)5-9(8)16(18)19/h1-6H,7H2,(H,15,17)/b14-6+. The molecule has 1 N–H and O–H groups in total. The van der Waals surface area contributed by atoms with Crippen molar-refractivity contribution in [3.8, 4) is 11.5 Å². The summed E-state index contributed by atoms with van der Waals surface area (Å²) in [6.07, 6.45) is 1.20. The predicted octanol–water partition coefficient (Wildman–Crippen LogP) is 2.15. The minimum absolute atomic E-state index is 0.0161. The third-order valence-corrected chi connectivity index (χ3v) is 3.70.